The zero-order chi connectivity index (χ0) is 11.8. The predicted molar refractivity (Wildman–Crippen MR) is 73.6 cm³/mol. The summed E-state index contributed by atoms with van der Waals surface area (Å²) < 4.78 is 6.46. The molecule has 0 spiro atoms. The highest BCUT2D eigenvalue weighted by atomic mass is 35.5. The number of rotatable bonds is 3. The number of aromatic amines is 1. The molecule has 1 saturated carbocycles. The molecule has 3 rings (SSSR count). The number of thiazole rings is 1. The average molecular weight is 284 g/mol. The van der Waals surface area contributed by atoms with Crippen molar-refractivity contribution in [1.29, 1.82) is 0 Å². The van der Waals surface area contributed by atoms with Gasteiger partial charge in [-0.05, 0) is 43.3 Å². The first-order valence-corrected chi connectivity index (χ1v) is 7.03. The average Bonchev–Trinajstić information content (AvgIpc) is 3.02. The quantitative estimate of drug-likeness (QED) is 0.828. The Balaban J connectivity index is 1.91. The molecule has 0 atom stereocenters. The number of aromatic nitrogens is 1. The molecule has 0 radical (unpaired) electrons. The number of hydrogen-bond donors (Lipinski definition) is 1. The van der Waals surface area contributed by atoms with Gasteiger partial charge in [-0.1, -0.05) is 11.6 Å². The summed E-state index contributed by atoms with van der Waals surface area (Å²) in [6.45, 7) is 0. The summed E-state index contributed by atoms with van der Waals surface area (Å²) in [5.41, 5.74) is 2.03. The van der Waals surface area contributed by atoms with Crippen molar-refractivity contribution in [3.05, 3.63) is 32.6 Å². The maximum atomic E-state index is 6.20. The molecule has 1 aliphatic carbocycles. The Kier molecular flexibility index (Phi) is 2.94. The molecule has 2 aromatic rings. The molecule has 0 unspecified atom stereocenters. The van der Waals surface area contributed by atoms with E-state index in [1.165, 1.54) is 11.3 Å². The van der Waals surface area contributed by atoms with Crippen LogP contribution in [0.3, 0.4) is 0 Å². The van der Waals surface area contributed by atoms with Gasteiger partial charge >= 0.3 is 0 Å². The molecule has 1 fully saturated rings. The summed E-state index contributed by atoms with van der Waals surface area (Å²) in [4.78, 5) is 3.13. The molecule has 1 N–H and O–H groups in total. The Morgan fingerprint density at radius 3 is 2.82 bits per heavy atom. The van der Waals surface area contributed by atoms with Gasteiger partial charge in [0.05, 0.1) is 16.8 Å². The molecule has 0 saturated heterocycles. The van der Waals surface area contributed by atoms with Crippen LogP contribution in [0.15, 0.2) is 23.6 Å². The number of nitrogens with one attached hydrogen (secondary N) is 1. The number of halogens is 1. The summed E-state index contributed by atoms with van der Waals surface area (Å²) in [5, 5.41) is 2.65. The number of benzene rings is 1. The van der Waals surface area contributed by atoms with Crippen molar-refractivity contribution >= 4 is 35.2 Å². The Morgan fingerprint density at radius 2 is 2.24 bits per heavy atom. The fourth-order valence-corrected chi connectivity index (χ4v) is 2.62. The van der Waals surface area contributed by atoms with Gasteiger partial charge in [0.25, 0.3) is 0 Å². The molecule has 1 aromatic carbocycles. The third-order valence-electron chi connectivity index (χ3n) is 2.58. The van der Waals surface area contributed by atoms with Gasteiger partial charge in [0.2, 0.25) is 0 Å². The highest BCUT2D eigenvalue weighted by Crippen LogP contribution is 2.34. The minimum atomic E-state index is 0.366. The lowest BCUT2D eigenvalue weighted by Gasteiger charge is -2.07. The fraction of sp³-hybridized carbons (Fsp3) is 0.250. The van der Waals surface area contributed by atoms with Crippen LogP contribution in [0.1, 0.15) is 12.8 Å². The Labute approximate surface area is 113 Å². The number of hydrogen-bond acceptors (Lipinski definition) is 3. The van der Waals surface area contributed by atoms with E-state index in [-0.39, 0.29) is 0 Å². The fourth-order valence-electron chi connectivity index (χ4n) is 1.55. The highest BCUT2D eigenvalue weighted by molar-refractivity contribution is 7.73. The molecule has 1 aromatic heterocycles. The minimum absolute atomic E-state index is 0.366. The van der Waals surface area contributed by atoms with Crippen LogP contribution in [-0.2, 0) is 0 Å². The van der Waals surface area contributed by atoms with Crippen LogP contribution in [-0.4, -0.2) is 11.1 Å². The first-order valence-electron chi connectivity index (χ1n) is 5.37. The van der Waals surface area contributed by atoms with Gasteiger partial charge in [0.15, 0.2) is 3.95 Å². The second-order valence-electron chi connectivity index (χ2n) is 4.02. The zero-order valence-electron chi connectivity index (χ0n) is 8.90. The molecule has 1 aliphatic rings. The summed E-state index contributed by atoms with van der Waals surface area (Å²) in [6.07, 6.45) is 2.64. The normalized spacial score (nSPS) is 14.9. The second kappa shape index (κ2) is 4.44. The largest absolute Gasteiger partial charge is 0.489 e. The smallest absolute Gasteiger partial charge is 0.158 e. The second-order valence-corrected chi connectivity index (χ2v) is 5.98. The monoisotopic (exact) mass is 283 g/mol. The molecular weight excluding hydrogens is 274 g/mol. The van der Waals surface area contributed by atoms with E-state index < -0.39 is 0 Å². The summed E-state index contributed by atoms with van der Waals surface area (Å²) >= 11 is 12.8. The molecule has 2 nitrogen and oxygen atoms in total. The molecule has 5 heteroatoms. The predicted octanol–water partition coefficient (Wildman–Crippen LogP) is 4.67. The van der Waals surface area contributed by atoms with Gasteiger partial charge < -0.3 is 9.72 Å². The third kappa shape index (κ3) is 2.54. The van der Waals surface area contributed by atoms with Crippen LogP contribution in [0.25, 0.3) is 11.3 Å². The van der Waals surface area contributed by atoms with E-state index in [9.17, 15) is 0 Å². The molecule has 0 bridgehead atoms. The number of ether oxygens (including phenoxy) is 1. The van der Waals surface area contributed by atoms with E-state index in [0.29, 0.717) is 11.1 Å². The van der Waals surface area contributed by atoms with Gasteiger partial charge in [0, 0.05) is 10.9 Å². The maximum absolute atomic E-state index is 6.20. The molecular formula is C12H10ClNOS2. The summed E-state index contributed by atoms with van der Waals surface area (Å²) in [6, 6.07) is 5.83. The lowest BCUT2D eigenvalue weighted by molar-refractivity contribution is 0.303. The van der Waals surface area contributed by atoms with E-state index in [1.807, 2.05) is 23.6 Å². The van der Waals surface area contributed by atoms with E-state index in [2.05, 4.69) is 4.98 Å². The standard InChI is InChI=1S/C12H10ClNOS2/c13-9-5-7(10-6-17-12(16)14-10)1-4-11(9)15-8-2-3-8/h1,4-6,8H,2-3H2,(H,14,16). The van der Waals surface area contributed by atoms with Crippen LogP contribution in [0.2, 0.25) is 5.02 Å². The molecule has 0 aliphatic heterocycles. The molecule has 88 valence electrons. The van der Waals surface area contributed by atoms with Gasteiger partial charge in [-0.15, -0.1) is 11.3 Å². The molecule has 0 amide bonds. The summed E-state index contributed by atoms with van der Waals surface area (Å²) in [5.74, 6) is 0.770. The van der Waals surface area contributed by atoms with Crippen LogP contribution in [0, 0.1) is 3.95 Å². The first-order chi connectivity index (χ1) is 8.22. The van der Waals surface area contributed by atoms with Crippen molar-refractivity contribution in [2.45, 2.75) is 18.9 Å². The first kappa shape index (κ1) is 11.3. The highest BCUT2D eigenvalue weighted by Gasteiger charge is 2.24. The lowest BCUT2D eigenvalue weighted by Crippen LogP contribution is -1.96. The van der Waals surface area contributed by atoms with Crippen molar-refractivity contribution in [3.8, 4) is 17.0 Å². The van der Waals surface area contributed by atoms with Gasteiger partial charge in [0.1, 0.15) is 5.75 Å². The van der Waals surface area contributed by atoms with Gasteiger partial charge in [-0.25, -0.2) is 0 Å². The summed E-state index contributed by atoms with van der Waals surface area (Å²) in [7, 11) is 0. The van der Waals surface area contributed by atoms with Crippen LogP contribution < -0.4 is 4.74 Å². The van der Waals surface area contributed by atoms with Crippen molar-refractivity contribution in [2.24, 2.45) is 0 Å². The van der Waals surface area contributed by atoms with Crippen molar-refractivity contribution in [1.82, 2.24) is 4.98 Å². The van der Waals surface area contributed by atoms with E-state index in [0.717, 1.165) is 33.8 Å². The van der Waals surface area contributed by atoms with Crippen LogP contribution in [0.4, 0.5) is 0 Å². The zero-order valence-corrected chi connectivity index (χ0v) is 11.3. The lowest BCUT2D eigenvalue weighted by atomic mass is 10.2. The van der Waals surface area contributed by atoms with Gasteiger partial charge in [-0.3, -0.25) is 0 Å². The van der Waals surface area contributed by atoms with Crippen molar-refractivity contribution < 1.29 is 4.74 Å². The van der Waals surface area contributed by atoms with Crippen LogP contribution >= 0.6 is 35.2 Å². The number of H-pyrrole nitrogens is 1. The van der Waals surface area contributed by atoms with Crippen molar-refractivity contribution in [2.75, 3.05) is 0 Å². The SMILES string of the molecule is S=c1[nH]c(-c2ccc(OC3CC3)c(Cl)c2)cs1. The molecule has 1 heterocycles. The Hall–Kier alpha value is -0.840. The van der Waals surface area contributed by atoms with E-state index in [1.54, 1.807) is 0 Å². The van der Waals surface area contributed by atoms with Crippen molar-refractivity contribution in [3.63, 3.8) is 0 Å². The Bertz CT molecular complexity index is 601. The van der Waals surface area contributed by atoms with E-state index >= 15 is 0 Å². The third-order valence-corrected chi connectivity index (χ3v) is 3.94. The topological polar surface area (TPSA) is 25.0 Å². The van der Waals surface area contributed by atoms with E-state index in [4.69, 9.17) is 28.6 Å². The van der Waals surface area contributed by atoms with Crippen LogP contribution in [0.5, 0.6) is 5.75 Å². The molecule has 17 heavy (non-hydrogen) atoms. The maximum Gasteiger partial charge on any atom is 0.158 e. The Morgan fingerprint density at radius 1 is 1.41 bits per heavy atom. The van der Waals surface area contributed by atoms with Gasteiger partial charge in [-0.2, -0.15) is 0 Å². The minimum Gasteiger partial charge on any atom is -0.489 e.